The van der Waals surface area contributed by atoms with Crippen molar-refractivity contribution < 1.29 is 4.79 Å². The zero-order valence-electron chi connectivity index (χ0n) is 18.1. The smallest absolute Gasteiger partial charge is 0.257 e. The van der Waals surface area contributed by atoms with Gasteiger partial charge in [-0.1, -0.05) is 30.3 Å². The number of nitrogens with zero attached hydrogens (tertiary/aromatic N) is 2. The maximum absolute atomic E-state index is 12.7. The van der Waals surface area contributed by atoms with Crippen molar-refractivity contribution in [2.75, 3.05) is 39.3 Å². The number of nitrogens with one attached hydrogen (secondary N) is 1. The molecule has 1 fully saturated rings. The lowest BCUT2D eigenvalue weighted by Crippen LogP contribution is -2.48. The Kier molecular flexibility index (Phi) is 6.79. The van der Waals surface area contributed by atoms with Crippen LogP contribution in [0.3, 0.4) is 0 Å². The van der Waals surface area contributed by atoms with Gasteiger partial charge in [-0.15, -0.1) is 23.1 Å². The van der Waals surface area contributed by atoms with Gasteiger partial charge in [-0.25, -0.2) is 0 Å². The van der Waals surface area contributed by atoms with Crippen LogP contribution >= 0.6 is 23.1 Å². The molecule has 0 atom stereocenters. The zero-order chi connectivity index (χ0) is 21.0. The lowest BCUT2D eigenvalue weighted by molar-refractivity contribution is -0.116. The molecule has 0 bridgehead atoms. The van der Waals surface area contributed by atoms with Crippen LogP contribution in [0.2, 0.25) is 0 Å². The third kappa shape index (κ3) is 5.08. The number of thioether (sulfide) groups is 1. The summed E-state index contributed by atoms with van der Waals surface area (Å²) < 4.78 is 0. The molecule has 0 saturated carbocycles. The number of hydrogen-bond acceptors (Lipinski definition) is 5. The third-order valence-electron chi connectivity index (χ3n) is 6.60. The Morgan fingerprint density at radius 2 is 1.74 bits per heavy atom. The average Bonchev–Trinajstić information content (AvgIpc) is 3.19. The van der Waals surface area contributed by atoms with Crippen molar-refractivity contribution in [3.63, 3.8) is 0 Å². The van der Waals surface area contributed by atoms with Gasteiger partial charge in [0.25, 0.3) is 5.91 Å². The summed E-state index contributed by atoms with van der Waals surface area (Å²) >= 11 is 3.64. The number of rotatable bonds is 6. The molecule has 1 aromatic heterocycles. The van der Waals surface area contributed by atoms with E-state index < -0.39 is 0 Å². The molecule has 0 spiro atoms. The number of amides is 1. The van der Waals surface area contributed by atoms with E-state index in [1.54, 1.807) is 22.2 Å². The molecule has 1 aliphatic carbocycles. The molecule has 2 aliphatic heterocycles. The number of thiophene rings is 1. The summed E-state index contributed by atoms with van der Waals surface area (Å²) in [5, 5.41) is 3.16. The third-order valence-corrected chi connectivity index (χ3v) is 8.93. The fraction of sp³-hybridized carbons (Fsp3) is 0.480. The van der Waals surface area contributed by atoms with E-state index in [4.69, 9.17) is 0 Å². The molecule has 0 unspecified atom stereocenters. The second-order valence-corrected chi connectivity index (χ2v) is 10.9. The molecule has 1 N–H and O–H groups in total. The summed E-state index contributed by atoms with van der Waals surface area (Å²) in [5.74, 6) is 1.06. The number of hydrogen-bond donors (Lipinski definition) is 1. The lowest BCUT2D eigenvalue weighted by atomic mass is 9.95. The molecule has 1 aromatic carbocycles. The Bertz CT molecular complexity index is 945. The predicted octanol–water partition coefficient (Wildman–Crippen LogP) is 4.15. The van der Waals surface area contributed by atoms with E-state index in [2.05, 4.69) is 51.5 Å². The van der Waals surface area contributed by atoms with Crippen LogP contribution in [0, 0.1) is 0 Å². The fourth-order valence-corrected chi connectivity index (χ4v) is 7.35. The Labute approximate surface area is 193 Å². The van der Waals surface area contributed by atoms with E-state index in [1.807, 2.05) is 11.3 Å². The molecule has 5 rings (SSSR count). The number of aryl methyl sites for hydroxylation is 1. The van der Waals surface area contributed by atoms with Crippen LogP contribution in [0.5, 0.6) is 0 Å². The molecule has 31 heavy (non-hydrogen) atoms. The maximum Gasteiger partial charge on any atom is 0.257 e. The highest BCUT2D eigenvalue weighted by Gasteiger charge is 2.25. The van der Waals surface area contributed by atoms with Crippen LogP contribution < -0.4 is 5.32 Å². The quantitative estimate of drug-likeness (QED) is 0.713. The van der Waals surface area contributed by atoms with Gasteiger partial charge in [-0.3, -0.25) is 14.6 Å². The molecule has 3 aliphatic rings. The second-order valence-electron chi connectivity index (χ2n) is 8.71. The van der Waals surface area contributed by atoms with Crippen LogP contribution in [0.1, 0.15) is 39.3 Å². The SMILES string of the molecule is O=C(NCCN1CCN(Cc2ccccc2)CC1)C1=Cc2sc3c(c2CS1)CCCC3. The van der Waals surface area contributed by atoms with Crippen LogP contribution in [-0.4, -0.2) is 55.0 Å². The van der Waals surface area contributed by atoms with E-state index in [-0.39, 0.29) is 5.91 Å². The summed E-state index contributed by atoms with van der Waals surface area (Å²) in [7, 11) is 0. The van der Waals surface area contributed by atoms with Crippen molar-refractivity contribution >= 4 is 35.1 Å². The van der Waals surface area contributed by atoms with Gasteiger partial charge >= 0.3 is 0 Å². The molecular weight excluding hydrogens is 422 g/mol. The van der Waals surface area contributed by atoms with Crippen molar-refractivity contribution in [1.82, 2.24) is 15.1 Å². The highest BCUT2D eigenvalue weighted by Crippen LogP contribution is 2.42. The van der Waals surface area contributed by atoms with E-state index in [0.717, 1.165) is 56.5 Å². The maximum atomic E-state index is 12.7. The van der Waals surface area contributed by atoms with Gasteiger partial charge in [0.1, 0.15) is 0 Å². The Morgan fingerprint density at radius 3 is 2.58 bits per heavy atom. The first-order chi connectivity index (χ1) is 15.3. The molecule has 1 saturated heterocycles. The van der Waals surface area contributed by atoms with Crippen molar-refractivity contribution in [1.29, 1.82) is 0 Å². The predicted molar refractivity (Wildman–Crippen MR) is 131 cm³/mol. The highest BCUT2D eigenvalue weighted by molar-refractivity contribution is 8.03. The van der Waals surface area contributed by atoms with Gasteiger partial charge in [-0.2, -0.15) is 0 Å². The standard InChI is InChI=1S/C25H31N3OS2/c29-25(24-16-23-21(18-30-24)20-8-4-5-9-22(20)31-23)26-10-11-27-12-14-28(15-13-27)17-19-6-2-1-3-7-19/h1-3,6-7,16H,4-5,8-15,17-18H2,(H,26,29). The van der Waals surface area contributed by atoms with E-state index in [0.29, 0.717) is 0 Å². The minimum absolute atomic E-state index is 0.102. The molecule has 164 valence electrons. The first-order valence-corrected chi connectivity index (χ1v) is 13.3. The molecule has 4 nitrogen and oxygen atoms in total. The molecule has 1 amide bonds. The van der Waals surface area contributed by atoms with Crippen LogP contribution in [0.4, 0.5) is 0 Å². The van der Waals surface area contributed by atoms with E-state index in [9.17, 15) is 4.79 Å². The normalized spacial score (nSPS) is 19.4. The van der Waals surface area contributed by atoms with Crippen molar-refractivity contribution in [2.45, 2.75) is 38.0 Å². The summed E-state index contributed by atoms with van der Waals surface area (Å²) in [6.07, 6.45) is 7.24. The van der Waals surface area contributed by atoms with E-state index >= 15 is 0 Å². The summed E-state index contributed by atoms with van der Waals surface area (Å²) in [6.45, 7) is 7.02. The first-order valence-electron chi connectivity index (χ1n) is 11.5. The van der Waals surface area contributed by atoms with Gasteiger partial charge in [0, 0.05) is 61.3 Å². The monoisotopic (exact) mass is 453 g/mol. The molecule has 3 heterocycles. The summed E-state index contributed by atoms with van der Waals surface area (Å²) in [4.78, 5) is 21.5. The zero-order valence-corrected chi connectivity index (χ0v) is 19.7. The number of carbonyl (C=O) groups excluding carboxylic acids is 1. The number of fused-ring (bicyclic) bond motifs is 3. The van der Waals surface area contributed by atoms with Gasteiger partial charge in [0.2, 0.25) is 0 Å². The van der Waals surface area contributed by atoms with Crippen LogP contribution in [-0.2, 0) is 29.9 Å². The minimum atomic E-state index is 0.102. The molecule has 6 heteroatoms. The van der Waals surface area contributed by atoms with E-state index in [1.165, 1.54) is 41.7 Å². The Hall–Kier alpha value is -1.60. The second kappa shape index (κ2) is 9.90. The first kappa shape index (κ1) is 21.3. The topological polar surface area (TPSA) is 35.6 Å². The number of carbonyl (C=O) groups is 1. The number of piperazine rings is 1. The number of benzene rings is 1. The largest absolute Gasteiger partial charge is 0.350 e. The van der Waals surface area contributed by atoms with Crippen molar-refractivity contribution in [3.05, 3.63) is 61.7 Å². The van der Waals surface area contributed by atoms with Gasteiger partial charge < -0.3 is 5.32 Å². The van der Waals surface area contributed by atoms with Gasteiger partial charge in [0.15, 0.2) is 0 Å². The van der Waals surface area contributed by atoms with Gasteiger partial charge in [-0.05, 0) is 48.4 Å². The van der Waals surface area contributed by atoms with Crippen molar-refractivity contribution in [3.8, 4) is 0 Å². The summed E-state index contributed by atoms with van der Waals surface area (Å²) in [6, 6.07) is 10.7. The summed E-state index contributed by atoms with van der Waals surface area (Å²) in [5.41, 5.74) is 4.49. The average molecular weight is 454 g/mol. The lowest BCUT2D eigenvalue weighted by Gasteiger charge is -2.34. The van der Waals surface area contributed by atoms with Gasteiger partial charge in [0.05, 0.1) is 4.91 Å². The fourth-order valence-electron chi connectivity index (χ4n) is 4.80. The molecule has 2 aromatic rings. The van der Waals surface area contributed by atoms with Crippen LogP contribution in [0.25, 0.3) is 6.08 Å². The van der Waals surface area contributed by atoms with Crippen molar-refractivity contribution in [2.24, 2.45) is 0 Å². The molecule has 0 radical (unpaired) electrons. The molecular formula is C25H31N3OS2. The highest BCUT2D eigenvalue weighted by atomic mass is 32.2. The Morgan fingerprint density at radius 1 is 0.968 bits per heavy atom. The minimum Gasteiger partial charge on any atom is -0.350 e. The Balaban J connectivity index is 1.07. The van der Waals surface area contributed by atoms with Crippen LogP contribution in [0.15, 0.2) is 35.2 Å².